The number of pyridine rings is 1. The second-order valence-corrected chi connectivity index (χ2v) is 6.05. The molecule has 0 aliphatic heterocycles. The van der Waals surface area contributed by atoms with Crippen LogP contribution in [0.15, 0.2) is 57.1 Å². The van der Waals surface area contributed by atoms with Crippen LogP contribution >= 0.6 is 11.8 Å². The van der Waals surface area contributed by atoms with Crippen LogP contribution in [-0.4, -0.2) is 45.4 Å². The Bertz CT molecular complexity index is 944. The minimum atomic E-state index is -0.747. The van der Waals surface area contributed by atoms with Crippen molar-refractivity contribution in [3.8, 4) is 0 Å². The van der Waals surface area contributed by atoms with Gasteiger partial charge in [0.2, 0.25) is 5.91 Å². The smallest absolute Gasteiger partial charge is 0.341 e. The quantitative estimate of drug-likeness (QED) is 0.419. The normalized spacial score (nSPS) is 10.3. The van der Waals surface area contributed by atoms with E-state index in [1.807, 2.05) is 0 Å². The predicted octanol–water partition coefficient (Wildman–Crippen LogP) is 1.58. The Morgan fingerprint density at radius 2 is 1.68 bits per heavy atom. The summed E-state index contributed by atoms with van der Waals surface area (Å²) in [4.78, 5) is 40.0. The molecule has 0 aliphatic rings. The fourth-order valence-electron chi connectivity index (χ4n) is 1.92. The number of anilines is 2. The molecule has 0 unspecified atom stereocenters. The maximum atomic E-state index is 12.3. The van der Waals surface area contributed by atoms with Crippen molar-refractivity contribution in [1.29, 1.82) is 0 Å². The monoisotopic (exact) mass is 403 g/mol. The summed E-state index contributed by atoms with van der Waals surface area (Å²) >= 11 is 1.04. The summed E-state index contributed by atoms with van der Waals surface area (Å²) in [7, 11) is 0. The van der Waals surface area contributed by atoms with E-state index < -0.39 is 18.5 Å². The molecule has 2 amide bonds. The van der Waals surface area contributed by atoms with Gasteiger partial charge in [0.05, 0.1) is 11.3 Å². The number of esters is 1. The molecular formula is C16H13N5O6S. The van der Waals surface area contributed by atoms with Crippen LogP contribution < -0.4 is 10.6 Å². The van der Waals surface area contributed by atoms with Crippen molar-refractivity contribution in [1.82, 2.24) is 15.3 Å². The number of amides is 2. The second-order valence-electron chi connectivity index (χ2n) is 5.09. The van der Waals surface area contributed by atoms with Crippen LogP contribution in [0.1, 0.15) is 10.4 Å². The van der Waals surface area contributed by atoms with Gasteiger partial charge in [-0.05, 0) is 12.1 Å². The summed E-state index contributed by atoms with van der Waals surface area (Å²) in [6.45, 7) is -0.517. The average Bonchev–Trinajstić information content (AvgIpc) is 3.39. The third-order valence-corrected chi connectivity index (χ3v) is 4.08. The molecule has 12 heteroatoms. The van der Waals surface area contributed by atoms with Gasteiger partial charge in [0.1, 0.15) is 17.6 Å². The summed E-state index contributed by atoms with van der Waals surface area (Å²) in [5.74, 6) is -1.20. The van der Waals surface area contributed by atoms with Crippen LogP contribution in [0.25, 0.3) is 0 Å². The fraction of sp³-hybridized carbons (Fsp3) is 0.125. The van der Waals surface area contributed by atoms with Crippen LogP contribution in [0, 0.1) is 0 Å². The van der Waals surface area contributed by atoms with Crippen molar-refractivity contribution in [2.24, 2.45) is 0 Å². The van der Waals surface area contributed by atoms with Gasteiger partial charge in [0, 0.05) is 18.3 Å². The van der Waals surface area contributed by atoms with Crippen molar-refractivity contribution in [3.63, 3.8) is 0 Å². The first-order valence-corrected chi connectivity index (χ1v) is 8.76. The summed E-state index contributed by atoms with van der Waals surface area (Å²) in [5, 5.41) is 12.3. The van der Waals surface area contributed by atoms with Gasteiger partial charge in [-0.25, -0.2) is 9.78 Å². The molecule has 3 aromatic heterocycles. The molecule has 0 bridgehead atoms. The third kappa shape index (κ3) is 5.41. The lowest BCUT2D eigenvalue weighted by molar-refractivity contribution is -0.119. The molecule has 0 saturated heterocycles. The van der Waals surface area contributed by atoms with E-state index in [9.17, 15) is 14.4 Å². The van der Waals surface area contributed by atoms with Crippen molar-refractivity contribution in [2.75, 3.05) is 23.0 Å². The molecule has 3 rings (SSSR count). The predicted molar refractivity (Wildman–Crippen MR) is 95.5 cm³/mol. The molecule has 0 saturated carbocycles. The number of hydrogen-bond donors (Lipinski definition) is 2. The SMILES string of the molecule is O=C(COC(=O)c1cccnc1SCC(=O)Nc1ccon1)Nc1ccon1. The van der Waals surface area contributed by atoms with Gasteiger partial charge < -0.3 is 24.4 Å². The molecule has 28 heavy (non-hydrogen) atoms. The highest BCUT2D eigenvalue weighted by Crippen LogP contribution is 2.21. The Morgan fingerprint density at radius 1 is 1.00 bits per heavy atom. The fourth-order valence-corrected chi connectivity index (χ4v) is 2.70. The molecular weight excluding hydrogens is 390 g/mol. The third-order valence-electron chi connectivity index (χ3n) is 3.08. The van der Waals surface area contributed by atoms with Crippen LogP contribution in [0.3, 0.4) is 0 Å². The number of carbonyl (C=O) groups is 3. The van der Waals surface area contributed by atoms with Gasteiger partial charge in [-0.2, -0.15) is 0 Å². The Balaban J connectivity index is 1.52. The Kier molecular flexibility index (Phi) is 6.36. The van der Waals surface area contributed by atoms with E-state index in [0.29, 0.717) is 5.03 Å². The highest BCUT2D eigenvalue weighted by molar-refractivity contribution is 8.00. The lowest BCUT2D eigenvalue weighted by Crippen LogP contribution is -2.21. The molecule has 0 radical (unpaired) electrons. The minimum absolute atomic E-state index is 0.0171. The van der Waals surface area contributed by atoms with E-state index in [1.165, 1.54) is 36.9 Å². The van der Waals surface area contributed by atoms with Gasteiger partial charge in [0.25, 0.3) is 5.91 Å². The van der Waals surface area contributed by atoms with Gasteiger partial charge >= 0.3 is 5.97 Å². The van der Waals surface area contributed by atoms with Crippen LogP contribution in [-0.2, 0) is 14.3 Å². The van der Waals surface area contributed by atoms with Gasteiger partial charge in [0.15, 0.2) is 18.2 Å². The molecule has 0 atom stereocenters. The summed E-state index contributed by atoms with van der Waals surface area (Å²) < 4.78 is 14.2. The first-order valence-electron chi connectivity index (χ1n) is 7.77. The maximum absolute atomic E-state index is 12.3. The number of hydrogen-bond acceptors (Lipinski definition) is 10. The maximum Gasteiger partial charge on any atom is 0.341 e. The molecule has 3 heterocycles. The van der Waals surface area contributed by atoms with Gasteiger partial charge in [-0.15, -0.1) is 0 Å². The Labute approximate surface area is 161 Å². The number of rotatable bonds is 8. The standard InChI is InChI=1S/C16H13N5O6S/c22-13(18-11-3-6-26-20-11)8-25-16(24)10-2-1-5-17-15(10)28-9-14(23)19-12-4-7-27-21-12/h1-7H,8-9H2,(H,18,20,22)(H,19,21,23). The molecule has 0 spiro atoms. The van der Waals surface area contributed by atoms with Gasteiger partial charge in [-0.3, -0.25) is 9.59 Å². The number of aromatic nitrogens is 3. The Morgan fingerprint density at radius 3 is 2.32 bits per heavy atom. The minimum Gasteiger partial charge on any atom is -0.452 e. The second kappa shape index (κ2) is 9.32. The molecule has 2 N–H and O–H groups in total. The van der Waals surface area contributed by atoms with Crippen molar-refractivity contribution in [2.45, 2.75) is 5.03 Å². The zero-order valence-corrected chi connectivity index (χ0v) is 15.0. The summed E-state index contributed by atoms with van der Waals surface area (Å²) in [6.07, 6.45) is 4.10. The van der Waals surface area contributed by atoms with E-state index >= 15 is 0 Å². The topological polar surface area (TPSA) is 149 Å². The van der Waals surface area contributed by atoms with Crippen molar-refractivity contribution < 1.29 is 28.2 Å². The molecule has 0 aliphatic carbocycles. The van der Waals surface area contributed by atoms with E-state index in [0.717, 1.165) is 11.8 Å². The molecule has 0 fully saturated rings. The largest absolute Gasteiger partial charge is 0.452 e. The van der Waals surface area contributed by atoms with E-state index in [4.69, 9.17) is 4.74 Å². The zero-order chi connectivity index (χ0) is 19.8. The molecule has 0 aromatic carbocycles. The van der Waals surface area contributed by atoms with Crippen molar-refractivity contribution in [3.05, 3.63) is 48.6 Å². The average molecular weight is 403 g/mol. The number of nitrogens with one attached hydrogen (secondary N) is 2. The van der Waals surface area contributed by atoms with E-state index in [1.54, 1.807) is 6.07 Å². The van der Waals surface area contributed by atoms with E-state index in [-0.39, 0.29) is 28.9 Å². The highest BCUT2D eigenvalue weighted by atomic mass is 32.2. The van der Waals surface area contributed by atoms with Crippen LogP contribution in [0.2, 0.25) is 0 Å². The number of nitrogens with zero attached hydrogens (tertiary/aromatic N) is 3. The summed E-state index contributed by atoms with van der Waals surface area (Å²) in [5.41, 5.74) is 0.135. The highest BCUT2D eigenvalue weighted by Gasteiger charge is 2.17. The summed E-state index contributed by atoms with van der Waals surface area (Å²) in [6, 6.07) is 5.98. The first-order chi connectivity index (χ1) is 13.6. The lowest BCUT2D eigenvalue weighted by Gasteiger charge is -2.08. The number of carbonyl (C=O) groups excluding carboxylic acids is 3. The zero-order valence-electron chi connectivity index (χ0n) is 14.2. The molecule has 144 valence electrons. The lowest BCUT2D eigenvalue weighted by atomic mass is 10.3. The number of ether oxygens (including phenoxy) is 1. The molecule has 11 nitrogen and oxygen atoms in total. The van der Waals surface area contributed by atoms with Crippen LogP contribution in [0.4, 0.5) is 11.6 Å². The Hall–Kier alpha value is -3.67. The van der Waals surface area contributed by atoms with Gasteiger partial charge in [-0.1, -0.05) is 22.1 Å². The number of thioether (sulfide) groups is 1. The van der Waals surface area contributed by atoms with E-state index in [2.05, 4.69) is 35.0 Å². The van der Waals surface area contributed by atoms with Crippen LogP contribution in [0.5, 0.6) is 0 Å². The first kappa shape index (κ1) is 19.1. The van der Waals surface area contributed by atoms with Crippen molar-refractivity contribution >= 4 is 41.2 Å². The molecule has 3 aromatic rings.